The van der Waals surface area contributed by atoms with E-state index in [2.05, 4.69) is 38.7 Å². The van der Waals surface area contributed by atoms with Crippen LogP contribution in [-0.4, -0.2) is 22.2 Å². The van der Waals surface area contributed by atoms with Crippen LogP contribution in [0.15, 0.2) is 46.9 Å². The van der Waals surface area contributed by atoms with E-state index in [1.807, 2.05) is 31.2 Å². The number of aliphatic carboxylic acids is 1. The molecule has 0 spiro atoms. The van der Waals surface area contributed by atoms with Gasteiger partial charge >= 0.3 is 5.97 Å². The zero-order valence-corrected chi connectivity index (χ0v) is 16.8. The van der Waals surface area contributed by atoms with Crippen LogP contribution in [0.5, 0.6) is 5.75 Å². The zero-order valence-electron chi connectivity index (χ0n) is 15.2. The molecule has 1 saturated carbocycles. The Kier molecular flexibility index (Phi) is 4.96. The smallest absolute Gasteiger partial charge is 0.305 e. The number of benzene rings is 2. The maximum absolute atomic E-state index is 11.2. The molecule has 1 aliphatic carbocycles. The molecule has 4 rings (SSSR count). The van der Waals surface area contributed by atoms with E-state index in [-0.39, 0.29) is 6.42 Å². The average Bonchev–Trinajstić information content (AvgIpc) is 3.46. The van der Waals surface area contributed by atoms with Crippen LogP contribution in [0.1, 0.15) is 37.7 Å². The van der Waals surface area contributed by atoms with Gasteiger partial charge in [-0.25, -0.2) is 0 Å². The number of rotatable bonds is 7. The van der Waals surface area contributed by atoms with Crippen LogP contribution in [0.3, 0.4) is 0 Å². The lowest BCUT2D eigenvalue weighted by molar-refractivity contribution is -0.137. The van der Waals surface area contributed by atoms with Gasteiger partial charge in [0.05, 0.1) is 23.2 Å². The Morgan fingerprint density at radius 1 is 1.26 bits per heavy atom. The lowest BCUT2D eigenvalue weighted by atomic mass is 10.1. The molecule has 2 aromatic carbocycles. The molecule has 0 saturated heterocycles. The minimum absolute atomic E-state index is 0.0821. The number of carboxylic acid groups (broad SMARTS) is 1. The van der Waals surface area contributed by atoms with Gasteiger partial charge in [0.1, 0.15) is 5.75 Å². The Labute approximate surface area is 166 Å². The number of aromatic nitrogens is 1. The Bertz CT molecular complexity index is 1000. The fourth-order valence-electron chi connectivity index (χ4n) is 3.62. The van der Waals surface area contributed by atoms with Gasteiger partial charge < -0.3 is 14.4 Å². The van der Waals surface area contributed by atoms with Crippen molar-refractivity contribution in [2.75, 3.05) is 6.61 Å². The molecule has 0 atom stereocenters. The first-order valence-electron chi connectivity index (χ1n) is 9.35. The van der Waals surface area contributed by atoms with Crippen molar-refractivity contribution in [3.63, 3.8) is 0 Å². The highest BCUT2D eigenvalue weighted by atomic mass is 79.9. The third-order valence-corrected chi connectivity index (χ3v) is 5.84. The highest BCUT2D eigenvalue weighted by molar-refractivity contribution is 9.10. The molecule has 0 unspecified atom stereocenters. The van der Waals surface area contributed by atoms with Gasteiger partial charge in [-0.1, -0.05) is 18.2 Å². The number of nitrogens with zero attached hydrogens (tertiary/aromatic N) is 1. The Morgan fingerprint density at radius 3 is 2.78 bits per heavy atom. The monoisotopic (exact) mass is 427 g/mol. The van der Waals surface area contributed by atoms with E-state index in [0.29, 0.717) is 19.1 Å². The van der Waals surface area contributed by atoms with E-state index >= 15 is 0 Å². The summed E-state index contributed by atoms with van der Waals surface area (Å²) in [5.74, 6) is 0.695. The van der Waals surface area contributed by atoms with Crippen LogP contribution in [0.25, 0.3) is 22.2 Å². The zero-order chi connectivity index (χ0) is 19.0. The Hall–Kier alpha value is -2.27. The molecule has 1 heterocycles. The summed E-state index contributed by atoms with van der Waals surface area (Å²) in [6.45, 7) is 3.00. The normalized spacial score (nSPS) is 13.9. The molecule has 4 nitrogen and oxygen atoms in total. The van der Waals surface area contributed by atoms with Crippen LogP contribution in [0.4, 0.5) is 0 Å². The van der Waals surface area contributed by atoms with Crippen molar-refractivity contribution in [3.05, 3.63) is 52.5 Å². The third kappa shape index (κ3) is 3.61. The number of fused-ring (bicyclic) bond motifs is 1. The quantitative estimate of drug-likeness (QED) is 0.516. The van der Waals surface area contributed by atoms with Crippen molar-refractivity contribution in [1.82, 2.24) is 4.57 Å². The SMILES string of the molecule is CCOc1cccc(-c2c(Br)c3cc(C4CC4)ccc3n2CCC(=O)O)c1. The molecule has 0 amide bonds. The molecule has 0 radical (unpaired) electrons. The van der Waals surface area contributed by atoms with Crippen molar-refractivity contribution in [2.24, 2.45) is 0 Å². The summed E-state index contributed by atoms with van der Waals surface area (Å²) < 4.78 is 8.78. The van der Waals surface area contributed by atoms with Crippen LogP contribution >= 0.6 is 15.9 Å². The summed E-state index contributed by atoms with van der Waals surface area (Å²) in [5.41, 5.74) is 4.45. The first-order chi connectivity index (χ1) is 13.1. The lowest BCUT2D eigenvalue weighted by Gasteiger charge is -2.12. The van der Waals surface area contributed by atoms with Gasteiger partial charge in [-0.2, -0.15) is 0 Å². The topological polar surface area (TPSA) is 51.5 Å². The standard InChI is InChI=1S/C22H22BrNO3/c1-2-27-17-5-3-4-16(12-17)22-21(23)18-13-15(14-6-7-14)8-9-19(18)24(22)11-10-20(25)26/h3-5,8-9,12-14H,2,6-7,10-11H2,1H3,(H,25,26). The molecule has 1 N–H and O–H groups in total. The number of ether oxygens (including phenoxy) is 1. The molecule has 1 aromatic heterocycles. The number of carbonyl (C=O) groups is 1. The molecular weight excluding hydrogens is 406 g/mol. The molecular formula is C22H22BrNO3. The molecule has 27 heavy (non-hydrogen) atoms. The predicted octanol–water partition coefficient (Wildman–Crippen LogP) is 5.82. The van der Waals surface area contributed by atoms with Crippen LogP contribution in [0, 0.1) is 0 Å². The van der Waals surface area contributed by atoms with Gasteiger partial charge in [-0.3, -0.25) is 4.79 Å². The maximum Gasteiger partial charge on any atom is 0.305 e. The summed E-state index contributed by atoms with van der Waals surface area (Å²) in [5, 5.41) is 10.3. The molecule has 1 fully saturated rings. The van der Waals surface area contributed by atoms with E-state index in [0.717, 1.165) is 32.4 Å². The molecule has 1 aliphatic rings. The van der Waals surface area contributed by atoms with Crippen molar-refractivity contribution < 1.29 is 14.6 Å². The van der Waals surface area contributed by atoms with E-state index in [1.54, 1.807) is 0 Å². The van der Waals surface area contributed by atoms with Gasteiger partial charge in [0.2, 0.25) is 0 Å². The van der Waals surface area contributed by atoms with Crippen molar-refractivity contribution in [2.45, 2.75) is 38.6 Å². The van der Waals surface area contributed by atoms with Crippen LogP contribution in [-0.2, 0) is 11.3 Å². The average molecular weight is 428 g/mol. The van der Waals surface area contributed by atoms with Crippen LogP contribution in [0.2, 0.25) is 0 Å². The summed E-state index contributed by atoms with van der Waals surface area (Å²) in [4.78, 5) is 11.2. The van der Waals surface area contributed by atoms with Crippen molar-refractivity contribution in [1.29, 1.82) is 0 Å². The predicted molar refractivity (Wildman–Crippen MR) is 110 cm³/mol. The van der Waals surface area contributed by atoms with Gasteiger partial charge in [-0.15, -0.1) is 0 Å². The summed E-state index contributed by atoms with van der Waals surface area (Å²) in [6.07, 6.45) is 2.59. The molecule has 140 valence electrons. The Morgan fingerprint density at radius 2 is 2.07 bits per heavy atom. The van der Waals surface area contributed by atoms with E-state index < -0.39 is 5.97 Å². The van der Waals surface area contributed by atoms with Gasteiger partial charge in [0.25, 0.3) is 0 Å². The number of hydrogen-bond donors (Lipinski definition) is 1. The fraction of sp³-hybridized carbons (Fsp3) is 0.318. The molecule has 3 aromatic rings. The minimum atomic E-state index is -0.795. The van der Waals surface area contributed by atoms with Crippen LogP contribution < -0.4 is 4.74 Å². The molecule has 0 bridgehead atoms. The fourth-order valence-corrected chi connectivity index (χ4v) is 4.38. The number of carboxylic acids is 1. The summed E-state index contributed by atoms with van der Waals surface area (Å²) in [6, 6.07) is 14.5. The van der Waals surface area contributed by atoms with Crippen molar-refractivity contribution in [3.8, 4) is 17.0 Å². The Balaban J connectivity index is 1.88. The molecule has 5 heteroatoms. The minimum Gasteiger partial charge on any atom is -0.494 e. The summed E-state index contributed by atoms with van der Waals surface area (Å²) in [7, 11) is 0. The van der Waals surface area contributed by atoms with E-state index in [1.165, 1.54) is 18.4 Å². The first-order valence-corrected chi connectivity index (χ1v) is 10.1. The second-order valence-electron chi connectivity index (χ2n) is 6.97. The van der Waals surface area contributed by atoms with Gasteiger partial charge in [0.15, 0.2) is 0 Å². The lowest BCUT2D eigenvalue weighted by Crippen LogP contribution is -2.06. The summed E-state index contributed by atoms with van der Waals surface area (Å²) >= 11 is 3.80. The van der Waals surface area contributed by atoms with Gasteiger partial charge in [-0.05, 0) is 71.4 Å². The number of hydrogen-bond acceptors (Lipinski definition) is 2. The molecule has 0 aliphatic heterocycles. The van der Waals surface area contributed by atoms with Gasteiger partial charge in [0, 0.05) is 23.0 Å². The highest BCUT2D eigenvalue weighted by Crippen LogP contribution is 2.44. The second kappa shape index (κ2) is 7.39. The third-order valence-electron chi connectivity index (χ3n) is 5.04. The van der Waals surface area contributed by atoms with Crippen molar-refractivity contribution >= 4 is 32.8 Å². The first kappa shape index (κ1) is 18.1. The second-order valence-corrected chi connectivity index (χ2v) is 7.76. The number of aryl methyl sites for hydroxylation is 1. The van der Waals surface area contributed by atoms with E-state index in [4.69, 9.17) is 4.74 Å². The number of halogens is 1. The largest absolute Gasteiger partial charge is 0.494 e. The highest BCUT2D eigenvalue weighted by Gasteiger charge is 2.25. The maximum atomic E-state index is 11.2. The van der Waals surface area contributed by atoms with E-state index in [9.17, 15) is 9.90 Å².